The zero-order valence-electron chi connectivity index (χ0n) is 13.3. The molecule has 1 amide bonds. The fourth-order valence-corrected chi connectivity index (χ4v) is 2.31. The third-order valence-corrected chi connectivity index (χ3v) is 3.31. The fraction of sp³-hybridized carbons (Fsp3) is 0.588. The molecular formula is C17H28N2O. The SMILES string of the molecule is CCCNc1ccc(C(=O)N(CCC)CCC)c(C)c1. The van der Waals surface area contributed by atoms with Crippen LogP contribution in [0.25, 0.3) is 0 Å². The van der Waals surface area contributed by atoms with E-state index in [0.717, 1.165) is 55.7 Å². The third kappa shape index (κ3) is 4.55. The van der Waals surface area contributed by atoms with Gasteiger partial charge in [-0.05, 0) is 49.9 Å². The van der Waals surface area contributed by atoms with Gasteiger partial charge in [-0.3, -0.25) is 4.79 Å². The average molecular weight is 276 g/mol. The van der Waals surface area contributed by atoms with Crippen molar-refractivity contribution in [1.82, 2.24) is 4.90 Å². The van der Waals surface area contributed by atoms with Crippen molar-refractivity contribution in [3.05, 3.63) is 29.3 Å². The van der Waals surface area contributed by atoms with Crippen molar-refractivity contribution in [2.24, 2.45) is 0 Å². The summed E-state index contributed by atoms with van der Waals surface area (Å²) in [5, 5.41) is 3.36. The van der Waals surface area contributed by atoms with Crippen molar-refractivity contribution < 1.29 is 4.79 Å². The van der Waals surface area contributed by atoms with Gasteiger partial charge in [-0.2, -0.15) is 0 Å². The van der Waals surface area contributed by atoms with Gasteiger partial charge >= 0.3 is 0 Å². The second-order valence-electron chi connectivity index (χ2n) is 5.25. The quantitative estimate of drug-likeness (QED) is 0.776. The van der Waals surface area contributed by atoms with Crippen LogP contribution in [0.15, 0.2) is 18.2 Å². The van der Waals surface area contributed by atoms with Crippen molar-refractivity contribution in [1.29, 1.82) is 0 Å². The number of hydrogen-bond donors (Lipinski definition) is 1. The van der Waals surface area contributed by atoms with E-state index >= 15 is 0 Å². The molecule has 0 saturated carbocycles. The Bertz CT molecular complexity index is 423. The number of aryl methyl sites for hydroxylation is 1. The fourth-order valence-electron chi connectivity index (χ4n) is 2.31. The number of hydrogen-bond acceptors (Lipinski definition) is 2. The minimum absolute atomic E-state index is 0.160. The second-order valence-corrected chi connectivity index (χ2v) is 5.25. The van der Waals surface area contributed by atoms with Crippen LogP contribution in [0.5, 0.6) is 0 Å². The first-order chi connectivity index (χ1) is 9.63. The van der Waals surface area contributed by atoms with Crippen LogP contribution in [0, 0.1) is 6.92 Å². The molecule has 0 saturated heterocycles. The number of benzene rings is 1. The molecule has 0 atom stereocenters. The molecule has 0 aliphatic rings. The van der Waals surface area contributed by atoms with Crippen LogP contribution in [0.1, 0.15) is 56.0 Å². The van der Waals surface area contributed by atoms with Gasteiger partial charge < -0.3 is 10.2 Å². The van der Waals surface area contributed by atoms with Crippen LogP contribution in [-0.2, 0) is 0 Å². The van der Waals surface area contributed by atoms with E-state index in [4.69, 9.17) is 0 Å². The smallest absolute Gasteiger partial charge is 0.254 e. The maximum absolute atomic E-state index is 12.6. The number of carbonyl (C=O) groups is 1. The van der Waals surface area contributed by atoms with Crippen LogP contribution in [-0.4, -0.2) is 30.4 Å². The summed E-state index contributed by atoms with van der Waals surface area (Å²) in [4.78, 5) is 14.5. The van der Waals surface area contributed by atoms with E-state index in [1.807, 2.05) is 24.0 Å². The summed E-state index contributed by atoms with van der Waals surface area (Å²) in [6.07, 6.45) is 3.10. The lowest BCUT2D eigenvalue weighted by Gasteiger charge is -2.22. The summed E-state index contributed by atoms with van der Waals surface area (Å²) in [7, 11) is 0. The Labute approximate surface area is 123 Å². The highest BCUT2D eigenvalue weighted by atomic mass is 16.2. The van der Waals surface area contributed by atoms with Crippen molar-refractivity contribution in [2.75, 3.05) is 25.0 Å². The molecular weight excluding hydrogens is 248 g/mol. The number of rotatable bonds is 8. The summed E-state index contributed by atoms with van der Waals surface area (Å²) in [6, 6.07) is 6.03. The zero-order chi connectivity index (χ0) is 15.0. The van der Waals surface area contributed by atoms with E-state index in [9.17, 15) is 4.79 Å². The maximum atomic E-state index is 12.6. The summed E-state index contributed by atoms with van der Waals surface area (Å²) in [6.45, 7) is 11.0. The monoisotopic (exact) mass is 276 g/mol. The summed E-state index contributed by atoms with van der Waals surface area (Å²) in [5.74, 6) is 0.160. The van der Waals surface area contributed by atoms with Crippen molar-refractivity contribution in [3.8, 4) is 0 Å². The van der Waals surface area contributed by atoms with Gasteiger partial charge in [0.1, 0.15) is 0 Å². The van der Waals surface area contributed by atoms with Crippen molar-refractivity contribution >= 4 is 11.6 Å². The van der Waals surface area contributed by atoms with Crippen LogP contribution in [0.4, 0.5) is 5.69 Å². The van der Waals surface area contributed by atoms with Gasteiger partial charge in [-0.15, -0.1) is 0 Å². The molecule has 20 heavy (non-hydrogen) atoms. The van der Waals surface area contributed by atoms with Crippen LogP contribution < -0.4 is 5.32 Å². The van der Waals surface area contributed by atoms with Crippen molar-refractivity contribution in [3.63, 3.8) is 0 Å². The summed E-state index contributed by atoms with van der Waals surface area (Å²) >= 11 is 0. The number of anilines is 1. The Morgan fingerprint density at radius 1 is 1.10 bits per heavy atom. The lowest BCUT2D eigenvalue weighted by molar-refractivity contribution is 0.0755. The predicted molar refractivity (Wildman–Crippen MR) is 86.4 cm³/mol. The van der Waals surface area contributed by atoms with Gasteiger partial charge in [-0.25, -0.2) is 0 Å². The molecule has 112 valence electrons. The standard InChI is InChI=1S/C17H28N2O/c1-5-10-18-15-8-9-16(14(4)13-15)17(20)19(11-6-2)12-7-3/h8-9,13,18H,5-7,10-12H2,1-4H3. The molecule has 0 spiro atoms. The van der Waals surface area contributed by atoms with Gasteiger partial charge in [0.2, 0.25) is 0 Å². The zero-order valence-corrected chi connectivity index (χ0v) is 13.3. The first-order valence-corrected chi connectivity index (χ1v) is 7.77. The minimum atomic E-state index is 0.160. The first kappa shape index (κ1) is 16.5. The largest absolute Gasteiger partial charge is 0.385 e. The van der Waals surface area contributed by atoms with Gasteiger partial charge in [0.25, 0.3) is 5.91 Å². The van der Waals surface area contributed by atoms with E-state index in [1.165, 1.54) is 0 Å². The van der Waals surface area contributed by atoms with Crippen LogP contribution >= 0.6 is 0 Å². The minimum Gasteiger partial charge on any atom is -0.385 e. The van der Waals surface area contributed by atoms with E-state index in [-0.39, 0.29) is 5.91 Å². The Morgan fingerprint density at radius 2 is 1.75 bits per heavy atom. The van der Waals surface area contributed by atoms with Gasteiger partial charge in [0, 0.05) is 30.9 Å². The van der Waals surface area contributed by atoms with Crippen LogP contribution in [0.2, 0.25) is 0 Å². The molecule has 0 radical (unpaired) electrons. The average Bonchev–Trinajstić information content (AvgIpc) is 2.44. The molecule has 0 fully saturated rings. The van der Waals surface area contributed by atoms with Gasteiger partial charge in [0.05, 0.1) is 0 Å². The number of nitrogens with one attached hydrogen (secondary N) is 1. The molecule has 0 bridgehead atoms. The lowest BCUT2D eigenvalue weighted by Crippen LogP contribution is -2.32. The molecule has 0 aliphatic carbocycles. The molecule has 0 aliphatic heterocycles. The summed E-state index contributed by atoms with van der Waals surface area (Å²) in [5.41, 5.74) is 2.97. The number of carbonyl (C=O) groups excluding carboxylic acids is 1. The molecule has 1 aromatic rings. The molecule has 0 heterocycles. The van der Waals surface area contributed by atoms with E-state index in [1.54, 1.807) is 0 Å². The van der Waals surface area contributed by atoms with E-state index < -0.39 is 0 Å². The molecule has 0 unspecified atom stereocenters. The highest BCUT2D eigenvalue weighted by Gasteiger charge is 2.16. The topological polar surface area (TPSA) is 32.3 Å². The normalized spacial score (nSPS) is 10.4. The molecule has 1 aromatic carbocycles. The molecule has 1 N–H and O–H groups in total. The van der Waals surface area contributed by atoms with Gasteiger partial charge in [0.15, 0.2) is 0 Å². The molecule has 3 heteroatoms. The third-order valence-electron chi connectivity index (χ3n) is 3.31. The predicted octanol–water partition coefficient (Wildman–Crippen LogP) is 4.08. The summed E-state index contributed by atoms with van der Waals surface area (Å²) < 4.78 is 0. The Balaban J connectivity index is 2.86. The van der Waals surface area contributed by atoms with Crippen LogP contribution in [0.3, 0.4) is 0 Å². The Morgan fingerprint density at radius 3 is 2.25 bits per heavy atom. The lowest BCUT2D eigenvalue weighted by atomic mass is 10.1. The molecule has 0 aromatic heterocycles. The van der Waals surface area contributed by atoms with Crippen molar-refractivity contribution in [2.45, 2.75) is 47.0 Å². The number of amides is 1. The second kappa shape index (κ2) is 8.62. The highest BCUT2D eigenvalue weighted by molar-refractivity contribution is 5.96. The number of nitrogens with zero attached hydrogens (tertiary/aromatic N) is 1. The van der Waals surface area contributed by atoms with E-state index in [0.29, 0.717) is 0 Å². The highest BCUT2D eigenvalue weighted by Crippen LogP contribution is 2.17. The van der Waals surface area contributed by atoms with E-state index in [2.05, 4.69) is 32.2 Å². The molecule has 1 rings (SSSR count). The Hall–Kier alpha value is -1.51. The molecule has 3 nitrogen and oxygen atoms in total. The Kier molecular flexibility index (Phi) is 7.13. The van der Waals surface area contributed by atoms with Gasteiger partial charge in [-0.1, -0.05) is 20.8 Å². The first-order valence-electron chi connectivity index (χ1n) is 7.77. The maximum Gasteiger partial charge on any atom is 0.254 e.